The molecule has 0 bridgehead atoms. The lowest BCUT2D eigenvalue weighted by atomic mass is 9.97. The maximum absolute atomic E-state index is 2.40. The van der Waals surface area contributed by atoms with Crippen molar-refractivity contribution in [3.8, 4) is 0 Å². The zero-order valence-corrected chi connectivity index (χ0v) is 9.66. The molecule has 0 aliphatic heterocycles. The third-order valence-electron chi connectivity index (χ3n) is 3.46. The van der Waals surface area contributed by atoms with Crippen molar-refractivity contribution in [1.82, 2.24) is 0 Å². The Morgan fingerprint density at radius 2 is 1.94 bits per heavy atom. The van der Waals surface area contributed by atoms with E-state index in [0.717, 1.165) is 6.42 Å². The van der Waals surface area contributed by atoms with E-state index < -0.39 is 0 Å². The molecule has 0 saturated heterocycles. The van der Waals surface area contributed by atoms with Gasteiger partial charge in [-0.1, -0.05) is 55.8 Å². The Kier molecular flexibility index (Phi) is 2.28. The Morgan fingerprint density at radius 3 is 2.81 bits per heavy atom. The summed E-state index contributed by atoms with van der Waals surface area (Å²) in [4.78, 5) is 0. The molecule has 0 spiro atoms. The molecule has 2 aromatic carbocycles. The van der Waals surface area contributed by atoms with Crippen molar-refractivity contribution in [2.45, 2.75) is 26.2 Å². The average molecular weight is 208 g/mol. The maximum Gasteiger partial charge on any atom is -0.00792 e. The van der Waals surface area contributed by atoms with Crippen molar-refractivity contribution < 1.29 is 0 Å². The summed E-state index contributed by atoms with van der Waals surface area (Å²) in [6.45, 7) is 2.25. The molecule has 0 N–H and O–H groups in total. The summed E-state index contributed by atoms with van der Waals surface area (Å²) in [5.41, 5.74) is 4.56. The normalized spacial score (nSPS) is 13.9. The first-order chi connectivity index (χ1) is 7.90. The quantitative estimate of drug-likeness (QED) is 0.677. The van der Waals surface area contributed by atoms with Crippen LogP contribution in [0.2, 0.25) is 0 Å². The number of fused-ring (bicyclic) bond motifs is 3. The topological polar surface area (TPSA) is 0 Å². The predicted octanol–water partition coefficient (Wildman–Crippen LogP) is 4.58. The second-order valence-corrected chi connectivity index (χ2v) is 4.50. The molecule has 0 aromatic heterocycles. The smallest absolute Gasteiger partial charge is 0.00792 e. The van der Waals surface area contributed by atoms with E-state index in [-0.39, 0.29) is 0 Å². The molecule has 0 atom stereocenters. The van der Waals surface area contributed by atoms with Crippen LogP contribution in [-0.4, -0.2) is 0 Å². The minimum atomic E-state index is 1.12. The number of allylic oxidation sites excluding steroid dienone is 2. The molecule has 1 aliphatic rings. The molecular weight excluding hydrogens is 192 g/mol. The van der Waals surface area contributed by atoms with E-state index in [9.17, 15) is 0 Å². The third-order valence-corrected chi connectivity index (χ3v) is 3.46. The van der Waals surface area contributed by atoms with Gasteiger partial charge in [0.2, 0.25) is 0 Å². The standard InChI is InChI=1S/C16H16/c1-2-5-12-9-11-16-14-7-4-3-6-13(14)8-10-15(12)16/h3-4,6-10H,2,5,11H2,1H3. The monoisotopic (exact) mass is 208 g/mol. The minimum absolute atomic E-state index is 1.12. The van der Waals surface area contributed by atoms with Crippen molar-refractivity contribution >= 4 is 16.3 Å². The van der Waals surface area contributed by atoms with Gasteiger partial charge in [-0.2, -0.15) is 0 Å². The van der Waals surface area contributed by atoms with Crippen LogP contribution in [0.3, 0.4) is 0 Å². The first kappa shape index (κ1) is 9.65. The molecule has 2 aromatic rings. The Morgan fingerprint density at radius 1 is 1.06 bits per heavy atom. The first-order valence-corrected chi connectivity index (χ1v) is 6.10. The van der Waals surface area contributed by atoms with Gasteiger partial charge in [0.1, 0.15) is 0 Å². The SMILES string of the molecule is CCCC1=CCc2c1ccc1ccccc21. The van der Waals surface area contributed by atoms with Gasteiger partial charge in [0.25, 0.3) is 0 Å². The molecular formula is C16H16. The van der Waals surface area contributed by atoms with Gasteiger partial charge in [0.15, 0.2) is 0 Å². The van der Waals surface area contributed by atoms with Crippen molar-refractivity contribution in [3.05, 3.63) is 53.6 Å². The number of hydrogen-bond acceptors (Lipinski definition) is 0. The van der Waals surface area contributed by atoms with Crippen LogP contribution < -0.4 is 0 Å². The van der Waals surface area contributed by atoms with E-state index >= 15 is 0 Å². The molecule has 0 saturated carbocycles. The molecule has 0 fully saturated rings. The zero-order valence-electron chi connectivity index (χ0n) is 9.66. The van der Waals surface area contributed by atoms with Crippen LogP contribution in [0.25, 0.3) is 16.3 Å². The van der Waals surface area contributed by atoms with Gasteiger partial charge >= 0.3 is 0 Å². The summed E-state index contributed by atoms with van der Waals surface area (Å²) < 4.78 is 0. The molecule has 0 heteroatoms. The zero-order chi connectivity index (χ0) is 11.0. The van der Waals surface area contributed by atoms with Gasteiger partial charge in [-0.25, -0.2) is 0 Å². The molecule has 80 valence electrons. The Labute approximate surface area is 96.6 Å². The number of benzene rings is 2. The summed E-state index contributed by atoms with van der Waals surface area (Å²) in [7, 11) is 0. The van der Waals surface area contributed by atoms with Gasteiger partial charge in [-0.05, 0) is 40.3 Å². The summed E-state index contributed by atoms with van der Waals surface area (Å²) in [5, 5.41) is 2.80. The molecule has 0 radical (unpaired) electrons. The lowest BCUT2D eigenvalue weighted by Crippen LogP contribution is -1.87. The van der Waals surface area contributed by atoms with Crippen LogP contribution >= 0.6 is 0 Å². The molecule has 3 rings (SSSR count). The fourth-order valence-corrected chi connectivity index (χ4v) is 2.70. The molecule has 0 unspecified atom stereocenters. The highest BCUT2D eigenvalue weighted by Crippen LogP contribution is 2.35. The van der Waals surface area contributed by atoms with Gasteiger partial charge in [0.05, 0.1) is 0 Å². The summed E-state index contributed by atoms with van der Waals surface area (Å²) in [6.07, 6.45) is 5.97. The predicted molar refractivity (Wildman–Crippen MR) is 70.5 cm³/mol. The van der Waals surface area contributed by atoms with E-state index in [0.29, 0.717) is 0 Å². The highest BCUT2D eigenvalue weighted by Gasteiger charge is 2.15. The van der Waals surface area contributed by atoms with Crippen LogP contribution in [0, 0.1) is 0 Å². The summed E-state index contributed by atoms with van der Waals surface area (Å²) in [6, 6.07) is 13.3. The molecule has 0 nitrogen and oxygen atoms in total. The van der Waals surface area contributed by atoms with Crippen molar-refractivity contribution in [1.29, 1.82) is 0 Å². The van der Waals surface area contributed by atoms with Crippen LogP contribution in [0.1, 0.15) is 30.9 Å². The fourth-order valence-electron chi connectivity index (χ4n) is 2.70. The van der Waals surface area contributed by atoms with Crippen LogP contribution in [0.5, 0.6) is 0 Å². The highest BCUT2D eigenvalue weighted by atomic mass is 14.2. The van der Waals surface area contributed by atoms with Crippen molar-refractivity contribution in [3.63, 3.8) is 0 Å². The highest BCUT2D eigenvalue weighted by molar-refractivity contribution is 5.92. The Bertz CT molecular complexity index is 561. The second-order valence-electron chi connectivity index (χ2n) is 4.50. The fraction of sp³-hybridized carbons (Fsp3) is 0.250. The minimum Gasteiger partial charge on any atom is -0.0763 e. The summed E-state index contributed by atoms with van der Waals surface area (Å²) in [5.74, 6) is 0. The second kappa shape index (κ2) is 3.79. The lowest BCUT2D eigenvalue weighted by molar-refractivity contribution is 0.975. The molecule has 1 aliphatic carbocycles. The largest absolute Gasteiger partial charge is 0.0763 e. The molecule has 16 heavy (non-hydrogen) atoms. The van der Waals surface area contributed by atoms with E-state index in [2.05, 4.69) is 49.4 Å². The van der Waals surface area contributed by atoms with Gasteiger partial charge < -0.3 is 0 Å². The Balaban J connectivity index is 2.18. The molecule has 0 heterocycles. The van der Waals surface area contributed by atoms with Gasteiger partial charge in [-0.15, -0.1) is 0 Å². The van der Waals surface area contributed by atoms with Crippen LogP contribution in [0.15, 0.2) is 42.5 Å². The van der Waals surface area contributed by atoms with Crippen molar-refractivity contribution in [2.24, 2.45) is 0 Å². The average Bonchev–Trinajstić information content (AvgIpc) is 2.73. The van der Waals surface area contributed by atoms with Gasteiger partial charge in [0, 0.05) is 0 Å². The summed E-state index contributed by atoms with van der Waals surface area (Å²) >= 11 is 0. The first-order valence-electron chi connectivity index (χ1n) is 6.10. The van der Waals surface area contributed by atoms with E-state index in [1.807, 2.05) is 0 Å². The van der Waals surface area contributed by atoms with E-state index in [1.54, 1.807) is 5.57 Å². The Hall–Kier alpha value is -1.56. The lowest BCUT2D eigenvalue weighted by Gasteiger charge is -2.08. The third kappa shape index (κ3) is 1.37. The van der Waals surface area contributed by atoms with Crippen LogP contribution in [0.4, 0.5) is 0 Å². The van der Waals surface area contributed by atoms with Gasteiger partial charge in [-0.3, -0.25) is 0 Å². The number of rotatable bonds is 2. The van der Waals surface area contributed by atoms with Crippen LogP contribution in [-0.2, 0) is 6.42 Å². The van der Waals surface area contributed by atoms with E-state index in [1.165, 1.54) is 34.7 Å². The van der Waals surface area contributed by atoms with E-state index in [4.69, 9.17) is 0 Å². The van der Waals surface area contributed by atoms with Crippen molar-refractivity contribution in [2.75, 3.05) is 0 Å². The molecule has 0 amide bonds. The number of hydrogen-bond donors (Lipinski definition) is 0. The maximum atomic E-state index is 2.40.